The van der Waals surface area contributed by atoms with Gasteiger partial charge in [-0.25, -0.2) is 4.79 Å². The lowest BCUT2D eigenvalue weighted by Crippen LogP contribution is -2.30. The van der Waals surface area contributed by atoms with Gasteiger partial charge in [-0.2, -0.15) is 0 Å². The van der Waals surface area contributed by atoms with E-state index in [0.717, 1.165) is 5.56 Å². The molecule has 1 atom stereocenters. The number of ether oxygens (including phenoxy) is 2. The maximum atomic E-state index is 12.5. The van der Waals surface area contributed by atoms with E-state index in [2.05, 4.69) is 10.3 Å². The van der Waals surface area contributed by atoms with Gasteiger partial charge in [0.15, 0.2) is 6.10 Å². The van der Waals surface area contributed by atoms with Gasteiger partial charge < -0.3 is 19.8 Å². The zero-order valence-corrected chi connectivity index (χ0v) is 16.9. The summed E-state index contributed by atoms with van der Waals surface area (Å²) in [5.74, 6) is -0.829. The highest BCUT2D eigenvalue weighted by Crippen LogP contribution is 2.31. The number of anilines is 1. The molecule has 0 aliphatic carbocycles. The van der Waals surface area contributed by atoms with Crippen molar-refractivity contribution in [1.29, 1.82) is 0 Å². The Hall–Kier alpha value is -2.70. The Balaban J connectivity index is 1.74. The van der Waals surface area contributed by atoms with Gasteiger partial charge in [0.2, 0.25) is 0 Å². The van der Waals surface area contributed by atoms with Crippen molar-refractivity contribution in [1.82, 2.24) is 4.98 Å². The van der Waals surface area contributed by atoms with Crippen LogP contribution in [0.25, 0.3) is 10.9 Å². The normalized spacial score (nSPS) is 11.9. The van der Waals surface area contributed by atoms with Gasteiger partial charge in [0.05, 0.1) is 17.8 Å². The molecule has 0 saturated carbocycles. The summed E-state index contributed by atoms with van der Waals surface area (Å²) in [5.41, 5.74) is 2.01. The second-order valence-electron chi connectivity index (χ2n) is 6.20. The van der Waals surface area contributed by atoms with Crippen LogP contribution in [0, 0.1) is 6.92 Å². The number of aryl methyl sites for hydroxylation is 1. The standard InChI is InChI=1S/C20H18Cl2N2O4/c1-10-8-15(16(27-3)9-13(10)21)24-19(25)11(2)28-20(26)18-17(22)12-6-4-5-7-14(12)23-18/h4-9,11,23H,1-3H3,(H,24,25)/t11-/m0/s1. The molecule has 8 heteroatoms. The summed E-state index contributed by atoms with van der Waals surface area (Å²) in [7, 11) is 1.47. The first-order valence-electron chi connectivity index (χ1n) is 8.44. The first-order chi connectivity index (χ1) is 13.3. The Morgan fingerprint density at radius 2 is 1.89 bits per heavy atom. The second-order valence-corrected chi connectivity index (χ2v) is 6.98. The highest BCUT2D eigenvalue weighted by molar-refractivity contribution is 6.38. The molecule has 0 saturated heterocycles. The molecule has 3 rings (SSSR count). The van der Waals surface area contributed by atoms with Gasteiger partial charge in [0.25, 0.3) is 5.91 Å². The van der Waals surface area contributed by atoms with Crippen LogP contribution in [0.15, 0.2) is 36.4 Å². The van der Waals surface area contributed by atoms with E-state index in [9.17, 15) is 9.59 Å². The van der Waals surface area contributed by atoms with E-state index in [1.165, 1.54) is 14.0 Å². The molecule has 28 heavy (non-hydrogen) atoms. The van der Waals surface area contributed by atoms with Crippen molar-refractivity contribution in [3.05, 3.63) is 57.7 Å². The van der Waals surface area contributed by atoms with Crippen LogP contribution >= 0.6 is 23.2 Å². The molecule has 0 bridgehead atoms. The van der Waals surface area contributed by atoms with E-state index < -0.39 is 18.0 Å². The maximum absolute atomic E-state index is 12.5. The minimum absolute atomic E-state index is 0.0995. The summed E-state index contributed by atoms with van der Waals surface area (Å²) in [6.07, 6.45) is -1.06. The van der Waals surface area contributed by atoms with Crippen LogP contribution in [0.3, 0.4) is 0 Å². The highest BCUT2D eigenvalue weighted by Gasteiger charge is 2.24. The van der Waals surface area contributed by atoms with Crippen LogP contribution in [0.5, 0.6) is 5.75 Å². The van der Waals surface area contributed by atoms with Crippen LogP contribution in [0.1, 0.15) is 23.0 Å². The van der Waals surface area contributed by atoms with Gasteiger partial charge in [-0.3, -0.25) is 4.79 Å². The number of fused-ring (bicyclic) bond motifs is 1. The van der Waals surface area contributed by atoms with Crippen LogP contribution in [0.4, 0.5) is 5.69 Å². The van der Waals surface area contributed by atoms with Gasteiger partial charge >= 0.3 is 5.97 Å². The molecule has 1 aromatic heterocycles. The molecule has 0 aliphatic heterocycles. The zero-order chi connectivity index (χ0) is 20.4. The molecule has 1 amide bonds. The molecule has 6 nitrogen and oxygen atoms in total. The third-order valence-corrected chi connectivity index (χ3v) is 5.04. The molecule has 0 radical (unpaired) electrons. The summed E-state index contributed by atoms with van der Waals surface area (Å²) in [6.45, 7) is 3.28. The quantitative estimate of drug-likeness (QED) is 0.570. The predicted octanol–water partition coefficient (Wildman–Crippen LogP) is 4.98. The lowest BCUT2D eigenvalue weighted by Gasteiger charge is -2.16. The third kappa shape index (κ3) is 3.93. The molecule has 0 fully saturated rings. The number of benzene rings is 2. The van der Waals surface area contributed by atoms with Gasteiger partial charge in [-0.1, -0.05) is 41.4 Å². The minimum atomic E-state index is -1.06. The third-order valence-electron chi connectivity index (χ3n) is 4.24. The van der Waals surface area contributed by atoms with E-state index in [1.807, 2.05) is 12.1 Å². The van der Waals surface area contributed by atoms with Crippen molar-refractivity contribution in [2.24, 2.45) is 0 Å². The summed E-state index contributed by atoms with van der Waals surface area (Å²) in [5, 5.41) is 4.16. The van der Waals surface area contributed by atoms with Gasteiger partial charge in [-0.15, -0.1) is 0 Å². The van der Waals surface area contributed by atoms with Gasteiger partial charge in [0.1, 0.15) is 11.4 Å². The van der Waals surface area contributed by atoms with Crippen molar-refractivity contribution >= 4 is 51.7 Å². The number of esters is 1. The first-order valence-corrected chi connectivity index (χ1v) is 9.19. The SMILES string of the molecule is COc1cc(Cl)c(C)cc1NC(=O)[C@H](C)OC(=O)c1[nH]c2ccccc2c1Cl. The largest absolute Gasteiger partial charge is 0.495 e. The Labute approximate surface area is 171 Å². The summed E-state index contributed by atoms with van der Waals surface area (Å²) in [4.78, 5) is 27.9. The summed E-state index contributed by atoms with van der Waals surface area (Å²) < 4.78 is 10.5. The monoisotopic (exact) mass is 420 g/mol. The molecular weight excluding hydrogens is 403 g/mol. The van der Waals surface area contributed by atoms with Crippen LogP contribution in [-0.2, 0) is 9.53 Å². The highest BCUT2D eigenvalue weighted by atomic mass is 35.5. The fourth-order valence-electron chi connectivity index (χ4n) is 2.69. The fourth-order valence-corrected chi connectivity index (χ4v) is 3.13. The number of para-hydroxylation sites is 1. The van der Waals surface area contributed by atoms with Crippen molar-refractivity contribution in [2.75, 3.05) is 12.4 Å². The Kier molecular flexibility index (Phi) is 5.82. The minimum Gasteiger partial charge on any atom is -0.495 e. The number of halogens is 2. The Morgan fingerprint density at radius 1 is 1.18 bits per heavy atom. The first kappa shape index (κ1) is 20.0. The van der Waals surface area contributed by atoms with Gasteiger partial charge in [-0.05, 0) is 31.5 Å². The fraction of sp³-hybridized carbons (Fsp3) is 0.200. The van der Waals surface area contributed by atoms with Crippen LogP contribution in [-0.4, -0.2) is 30.1 Å². The van der Waals surface area contributed by atoms with Crippen molar-refractivity contribution in [2.45, 2.75) is 20.0 Å². The molecule has 0 unspecified atom stereocenters. The number of aromatic nitrogens is 1. The van der Waals surface area contributed by atoms with E-state index in [1.54, 1.807) is 31.2 Å². The lowest BCUT2D eigenvalue weighted by molar-refractivity contribution is -0.123. The number of aromatic amines is 1. The average Bonchev–Trinajstić information content (AvgIpc) is 3.01. The number of nitrogens with one attached hydrogen (secondary N) is 2. The number of carbonyl (C=O) groups is 2. The maximum Gasteiger partial charge on any atom is 0.357 e. The summed E-state index contributed by atoms with van der Waals surface area (Å²) >= 11 is 12.3. The Morgan fingerprint density at radius 3 is 2.57 bits per heavy atom. The van der Waals surface area contributed by atoms with Crippen LogP contribution in [0.2, 0.25) is 10.0 Å². The van der Waals surface area contributed by atoms with E-state index in [-0.39, 0.29) is 10.7 Å². The number of rotatable bonds is 5. The molecule has 3 aromatic rings. The molecule has 0 aliphatic rings. The zero-order valence-electron chi connectivity index (χ0n) is 15.4. The van der Waals surface area contributed by atoms with E-state index in [4.69, 9.17) is 32.7 Å². The smallest absolute Gasteiger partial charge is 0.357 e. The lowest BCUT2D eigenvalue weighted by atomic mass is 10.2. The van der Waals surface area contributed by atoms with Crippen molar-refractivity contribution in [3.63, 3.8) is 0 Å². The predicted molar refractivity (Wildman–Crippen MR) is 110 cm³/mol. The molecular formula is C20H18Cl2N2O4. The topological polar surface area (TPSA) is 80.4 Å². The molecule has 1 heterocycles. The van der Waals surface area contributed by atoms with Crippen LogP contribution < -0.4 is 10.1 Å². The van der Waals surface area contributed by atoms with Crippen molar-refractivity contribution < 1.29 is 19.1 Å². The average molecular weight is 421 g/mol. The number of hydrogen-bond donors (Lipinski definition) is 2. The summed E-state index contributed by atoms with van der Waals surface area (Å²) in [6, 6.07) is 10.5. The number of H-pyrrole nitrogens is 1. The molecule has 0 spiro atoms. The number of hydrogen-bond acceptors (Lipinski definition) is 4. The molecule has 146 valence electrons. The Bertz CT molecular complexity index is 1060. The van der Waals surface area contributed by atoms with E-state index in [0.29, 0.717) is 27.4 Å². The molecule has 2 aromatic carbocycles. The second kappa shape index (κ2) is 8.12. The van der Waals surface area contributed by atoms with Gasteiger partial charge in [0, 0.05) is 22.0 Å². The van der Waals surface area contributed by atoms with Crippen molar-refractivity contribution in [3.8, 4) is 5.75 Å². The van der Waals surface area contributed by atoms with E-state index >= 15 is 0 Å². The number of methoxy groups -OCH3 is 1. The molecule has 2 N–H and O–H groups in total. The number of carbonyl (C=O) groups excluding carboxylic acids is 2. The number of amides is 1.